The minimum Gasteiger partial charge on any atom is -0.496 e. The molecule has 0 saturated heterocycles. The van der Waals surface area contributed by atoms with Gasteiger partial charge in [0.05, 0.1) is 25.5 Å². The van der Waals surface area contributed by atoms with Crippen molar-refractivity contribution in [3.05, 3.63) is 94.6 Å². The summed E-state index contributed by atoms with van der Waals surface area (Å²) >= 11 is 6.05. The molecular formula is C24H19ClN2O3. The Labute approximate surface area is 179 Å². The lowest BCUT2D eigenvalue weighted by molar-refractivity contribution is -0.113. The van der Waals surface area contributed by atoms with Crippen LogP contribution in [-0.4, -0.2) is 26.0 Å². The monoisotopic (exact) mass is 418 g/mol. The number of nitrogens with zero attached hydrogens (tertiary/aromatic N) is 2. The van der Waals surface area contributed by atoms with Crippen LogP contribution in [0.1, 0.15) is 11.1 Å². The third-order valence-electron chi connectivity index (χ3n) is 4.72. The average Bonchev–Trinajstić information content (AvgIpc) is 3.10. The second-order valence-corrected chi connectivity index (χ2v) is 6.96. The number of benzene rings is 3. The molecule has 5 nitrogen and oxygen atoms in total. The van der Waals surface area contributed by atoms with Gasteiger partial charge in [-0.15, -0.1) is 0 Å². The minimum atomic E-state index is -0.246. The quantitative estimate of drug-likeness (QED) is 0.535. The standard InChI is InChI=1S/C24H19ClN2O3/c1-29-21-9-5-3-7-16(21)15-20-24(28)27(18-13-11-17(25)12-14-18)23(26-20)19-8-4-6-10-22(19)30-2/h3-15H,1-2H3/b20-15+. The summed E-state index contributed by atoms with van der Waals surface area (Å²) in [5, 5.41) is 0.589. The van der Waals surface area contributed by atoms with E-state index in [9.17, 15) is 4.79 Å². The van der Waals surface area contributed by atoms with Gasteiger partial charge in [0.1, 0.15) is 17.2 Å². The molecule has 1 aliphatic heterocycles. The Morgan fingerprint density at radius 1 is 0.867 bits per heavy atom. The van der Waals surface area contributed by atoms with E-state index in [1.54, 1.807) is 49.5 Å². The van der Waals surface area contributed by atoms with Crippen LogP contribution in [-0.2, 0) is 4.79 Å². The highest BCUT2D eigenvalue weighted by molar-refractivity contribution is 6.34. The topological polar surface area (TPSA) is 51.1 Å². The summed E-state index contributed by atoms with van der Waals surface area (Å²) in [7, 11) is 3.19. The van der Waals surface area contributed by atoms with Gasteiger partial charge in [-0.2, -0.15) is 0 Å². The molecule has 0 radical (unpaired) electrons. The maximum atomic E-state index is 13.4. The number of methoxy groups -OCH3 is 2. The van der Waals surface area contributed by atoms with E-state index in [0.29, 0.717) is 39.3 Å². The number of aliphatic imine (C=N–C) groups is 1. The number of para-hydroxylation sites is 2. The zero-order valence-electron chi connectivity index (χ0n) is 16.5. The molecule has 1 aliphatic rings. The molecule has 0 bridgehead atoms. The minimum absolute atomic E-state index is 0.246. The molecule has 0 unspecified atom stereocenters. The summed E-state index contributed by atoms with van der Waals surface area (Å²) in [5.41, 5.74) is 2.45. The van der Waals surface area contributed by atoms with Crippen molar-refractivity contribution in [2.45, 2.75) is 0 Å². The number of hydrogen-bond donors (Lipinski definition) is 0. The summed E-state index contributed by atoms with van der Waals surface area (Å²) in [6.07, 6.45) is 1.73. The highest BCUT2D eigenvalue weighted by Crippen LogP contribution is 2.32. The third-order valence-corrected chi connectivity index (χ3v) is 4.98. The maximum Gasteiger partial charge on any atom is 0.282 e. The lowest BCUT2D eigenvalue weighted by Gasteiger charge is -2.20. The van der Waals surface area contributed by atoms with Crippen LogP contribution in [0.3, 0.4) is 0 Å². The van der Waals surface area contributed by atoms with Crippen molar-refractivity contribution in [2.75, 3.05) is 19.1 Å². The molecule has 1 heterocycles. The molecule has 0 N–H and O–H groups in total. The van der Waals surface area contributed by atoms with Gasteiger partial charge in [0, 0.05) is 10.6 Å². The first kappa shape index (κ1) is 19.7. The molecule has 0 aromatic heterocycles. The Balaban J connectivity index is 1.87. The number of carbonyl (C=O) groups is 1. The fourth-order valence-electron chi connectivity index (χ4n) is 3.29. The highest BCUT2D eigenvalue weighted by atomic mass is 35.5. The Morgan fingerprint density at radius 2 is 1.50 bits per heavy atom. The van der Waals surface area contributed by atoms with Crippen LogP contribution in [0.5, 0.6) is 11.5 Å². The fraction of sp³-hybridized carbons (Fsp3) is 0.0833. The second kappa shape index (κ2) is 8.43. The number of amides is 1. The molecule has 3 aromatic carbocycles. The van der Waals surface area contributed by atoms with Gasteiger partial charge >= 0.3 is 0 Å². The van der Waals surface area contributed by atoms with Gasteiger partial charge in [0.15, 0.2) is 5.84 Å². The van der Waals surface area contributed by atoms with Crippen molar-refractivity contribution in [3.8, 4) is 11.5 Å². The van der Waals surface area contributed by atoms with Crippen molar-refractivity contribution in [3.63, 3.8) is 0 Å². The van der Waals surface area contributed by atoms with E-state index in [1.807, 2.05) is 48.5 Å². The highest BCUT2D eigenvalue weighted by Gasteiger charge is 2.34. The van der Waals surface area contributed by atoms with Gasteiger partial charge in [-0.05, 0) is 48.5 Å². The van der Waals surface area contributed by atoms with E-state index >= 15 is 0 Å². The first-order chi connectivity index (χ1) is 14.6. The lowest BCUT2D eigenvalue weighted by atomic mass is 10.1. The fourth-order valence-corrected chi connectivity index (χ4v) is 3.42. The molecule has 4 rings (SSSR count). The first-order valence-electron chi connectivity index (χ1n) is 9.29. The summed E-state index contributed by atoms with van der Waals surface area (Å²) in [4.78, 5) is 19.7. The summed E-state index contributed by atoms with van der Waals surface area (Å²) in [6, 6.07) is 22.0. The van der Waals surface area contributed by atoms with Gasteiger partial charge in [-0.25, -0.2) is 4.99 Å². The Hall–Kier alpha value is -3.57. The predicted molar refractivity (Wildman–Crippen MR) is 119 cm³/mol. The van der Waals surface area contributed by atoms with Gasteiger partial charge < -0.3 is 9.47 Å². The van der Waals surface area contributed by atoms with Crippen LogP contribution < -0.4 is 14.4 Å². The molecule has 150 valence electrons. The maximum absolute atomic E-state index is 13.4. The van der Waals surface area contributed by atoms with E-state index in [0.717, 1.165) is 5.56 Å². The zero-order chi connectivity index (χ0) is 21.1. The molecule has 0 saturated carbocycles. The lowest BCUT2D eigenvalue weighted by Crippen LogP contribution is -2.32. The van der Waals surface area contributed by atoms with Crippen LogP contribution in [0, 0.1) is 0 Å². The van der Waals surface area contributed by atoms with Crippen molar-refractivity contribution in [2.24, 2.45) is 4.99 Å². The van der Waals surface area contributed by atoms with Crippen LogP contribution in [0.2, 0.25) is 5.02 Å². The average molecular weight is 419 g/mol. The van der Waals surface area contributed by atoms with Crippen molar-refractivity contribution in [1.29, 1.82) is 0 Å². The molecule has 0 spiro atoms. The normalized spacial score (nSPS) is 14.8. The number of hydrogen-bond acceptors (Lipinski definition) is 4. The molecule has 0 aliphatic carbocycles. The van der Waals surface area contributed by atoms with E-state index in [1.165, 1.54) is 0 Å². The molecule has 0 atom stereocenters. The SMILES string of the molecule is COc1ccccc1/C=C1/N=C(c2ccccc2OC)N(c2ccc(Cl)cc2)C1=O. The second-order valence-electron chi connectivity index (χ2n) is 6.52. The Morgan fingerprint density at radius 3 is 2.20 bits per heavy atom. The Bertz CT molecular complexity index is 1150. The molecule has 30 heavy (non-hydrogen) atoms. The van der Waals surface area contributed by atoms with Gasteiger partial charge in [0.2, 0.25) is 0 Å². The molecule has 3 aromatic rings. The first-order valence-corrected chi connectivity index (χ1v) is 9.67. The number of anilines is 1. The number of halogens is 1. The molecule has 0 fully saturated rings. The molecule has 1 amide bonds. The summed E-state index contributed by atoms with van der Waals surface area (Å²) in [5.74, 6) is 1.53. The van der Waals surface area contributed by atoms with E-state index in [2.05, 4.69) is 4.99 Å². The molecule has 6 heteroatoms. The number of rotatable bonds is 5. The third kappa shape index (κ3) is 3.67. The van der Waals surface area contributed by atoms with Gasteiger partial charge in [-0.3, -0.25) is 9.69 Å². The Kier molecular flexibility index (Phi) is 5.55. The van der Waals surface area contributed by atoms with Crippen molar-refractivity contribution >= 4 is 35.1 Å². The smallest absolute Gasteiger partial charge is 0.282 e. The zero-order valence-corrected chi connectivity index (χ0v) is 17.3. The summed E-state index contributed by atoms with van der Waals surface area (Å²) in [6.45, 7) is 0. The van der Waals surface area contributed by atoms with Gasteiger partial charge in [0.25, 0.3) is 5.91 Å². The number of ether oxygens (including phenoxy) is 2. The van der Waals surface area contributed by atoms with E-state index in [-0.39, 0.29) is 5.91 Å². The molecular weight excluding hydrogens is 400 g/mol. The van der Waals surface area contributed by atoms with Crippen molar-refractivity contribution < 1.29 is 14.3 Å². The van der Waals surface area contributed by atoms with Crippen molar-refractivity contribution in [1.82, 2.24) is 0 Å². The number of carbonyl (C=O) groups excluding carboxylic acids is 1. The van der Waals surface area contributed by atoms with Crippen LogP contribution >= 0.6 is 11.6 Å². The largest absolute Gasteiger partial charge is 0.496 e. The van der Waals surface area contributed by atoms with Crippen LogP contribution in [0.25, 0.3) is 6.08 Å². The van der Waals surface area contributed by atoms with E-state index < -0.39 is 0 Å². The van der Waals surface area contributed by atoms with E-state index in [4.69, 9.17) is 21.1 Å². The predicted octanol–water partition coefficient (Wildman–Crippen LogP) is 5.19. The van der Waals surface area contributed by atoms with Gasteiger partial charge in [-0.1, -0.05) is 41.9 Å². The number of amidine groups is 1. The van der Waals surface area contributed by atoms with Crippen LogP contribution in [0.4, 0.5) is 5.69 Å². The van der Waals surface area contributed by atoms with Crippen LogP contribution in [0.15, 0.2) is 83.5 Å². The summed E-state index contributed by atoms with van der Waals surface area (Å²) < 4.78 is 10.9.